The minimum absolute atomic E-state index is 0.570. The maximum absolute atomic E-state index is 5.94. The van der Waals surface area contributed by atoms with Crippen LogP contribution < -0.4 is 5.32 Å². The van der Waals surface area contributed by atoms with Gasteiger partial charge in [0.25, 0.3) is 0 Å². The first-order valence-corrected chi connectivity index (χ1v) is 7.04. The van der Waals surface area contributed by atoms with Crippen molar-refractivity contribution < 1.29 is 0 Å². The van der Waals surface area contributed by atoms with Crippen molar-refractivity contribution >= 4 is 22.9 Å². The molecule has 0 spiro atoms. The van der Waals surface area contributed by atoms with Gasteiger partial charge in [0.1, 0.15) is 5.82 Å². The van der Waals surface area contributed by atoms with Crippen molar-refractivity contribution in [3.63, 3.8) is 0 Å². The average molecular weight is 268 g/mol. The van der Waals surface area contributed by atoms with Crippen LogP contribution in [0.5, 0.6) is 0 Å². The summed E-state index contributed by atoms with van der Waals surface area (Å²) in [6, 6.07) is 3.96. The molecule has 1 aliphatic rings. The van der Waals surface area contributed by atoms with E-state index in [-0.39, 0.29) is 0 Å². The van der Waals surface area contributed by atoms with Crippen LogP contribution in [0.15, 0.2) is 18.3 Å². The molecule has 0 unspecified atom stereocenters. The minimum atomic E-state index is 0.570. The Hall–Kier alpha value is -0.840. The molecule has 3 nitrogen and oxygen atoms in total. The molecular formula is C12H14ClN3S. The Kier molecular flexibility index (Phi) is 3.18. The SMILES string of the molecule is Clc1ccc(-c2cnc(C3CCNCC3)[nH]2)s1. The van der Waals surface area contributed by atoms with E-state index in [2.05, 4.69) is 15.3 Å². The fraction of sp³-hybridized carbons (Fsp3) is 0.417. The Morgan fingerprint density at radius 1 is 1.29 bits per heavy atom. The molecule has 0 radical (unpaired) electrons. The van der Waals surface area contributed by atoms with E-state index in [1.807, 2.05) is 18.3 Å². The maximum Gasteiger partial charge on any atom is 0.109 e. The lowest BCUT2D eigenvalue weighted by molar-refractivity contribution is 0.447. The van der Waals surface area contributed by atoms with Gasteiger partial charge in [-0.1, -0.05) is 11.6 Å². The molecule has 0 amide bonds. The number of nitrogens with zero attached hydrogens (tertiary/aromatic N) is 1. The first-order valence-electron chi connectivity index (χ1n) is 5.84. The van der Waals surface area contributed by atoms with E-state index in [0.717, 1.165) is 46.7 Å². The van der Waals surface area contributed by atoms with Crippen molar-refractivity contribution in [1.82, 2.24) is 15.3 Å². The van der Waals surface area contributed by atoms with Crippen LogP contribution in [0.3, 0.4) is 0 Å². The molecule has 2 aromatic rings. The molecular weight excluding hydrogens is 254 g/mol. The lowest BCUT2D eigenvalue weighted by atomic mass is 9.98. The number of H-pyrrole nitrogens is 1. The van der Waals surface area contributed by atoms with Crippen LogP contribution in [0.25, 0.3) is 10.6 Å². The molecule has 1 saturated heterocycles. The summed E-state index contributed by atoms with van der Waals surface area (Å²) in [5, 5.41) is 3.37. The number of imidazole rings is 1. The molecule has 1 aliphatic heterocycles. The van der Waals surface area contributed by atoms with Crippen LogP contribution in [0.1, 0.15) is 24.6 Å². The largest absolute Gasteiger partial charge is 0.341 e. The third-order valence-corrected chi connectivity index (χ3v) is 4.42. The average Bonchev–Trinajstić information content (AvgIpc) is 2.98. The lowest BCUT2D eigenvalue weighted by Crippen LogP contribution is -2.27. The van der Waals surface area contributed by atoms with Crippen LogP contribution in [0.4, 0.5) is 0 Å². The number of rotatable bonds is 2. The summed E-state index contributed by atoms with van der Waals surface area (Å²) in [5.74, 6) is 1.69. The van der Waals surface area contributed by atoms with E-state index < -0.39 is 0 Å². The smallest absolute Gasteiger partial charge is 0.109 e. The third-order valence-electron chi connectivity index (χ3n) is 3.16. The van der Waals surface area contributed by atoms with E-state index in [0.29, 0.717) is 5.92 Å². The summed E-state index contributed by atoms with van der Waals surface area (Å²) < 4.78 is 0.818. The lowest BCUT2D eigenvalue weighted by Gasteiger charge is -2.20. The van der Waals surface area contributed by atoms with Gasteiger partial charge in [0.05, 0.1) is 21.1 Å². The van der Waals surface area contributed by atoms with Gasteiger partial charge >= 0.3 is 0 Å². The van der Waals surface area contributed by atoms with Crippen molar-refractivity contribution in [1.29, 1.82) is 0 Å². The van der Waals surface area contributed by atoms with Gasteiger partial charge in [-0.05, 0) is 38.1 Å². The minimum Gasteiger partial charge on any atom is -0.341 e. The molecule has 1 fully saturated rings. The normalized spacial score (nSPS) is 17.5. The summed E-state index contributed by atoms with van der Waals surface area (Å²) in [6.45, 7) is 2.18. The first-order chi connectivity index (χ1) is 8.33. The summed E-state index contributed by atoms with van der Waals surface area (Å²) >= 11 is 7.52. The Labute approximate surface area is 109 Å². The highest BCUT2D eigenvalue weighted by molar-refractivity contribution is 7.19. The molecule has 2 N–H and O–H groups in total. The molecule has 5 heteroatoms. The van der Waals surface area contributed by atoms with Gasteiger partial charge in [0.2, 0.25) is 0 Å². The predicted octanol–water partition coefficient (Wildman–Crippen LogP) is 3.26. The van der Waals surface area contributed by atoms with Crippen molar-refractivity contribution in [2.24, 2.45) is 0 Å². The summed E-state index contributed by atoms with van der Waals surface area (Å²) in [4.78, 5) is 9.09. The van der Waals surface area contributed by atoms with Gasteiger partial charge in [-0.2, -0.15) is 0 Å². The summed E-state index contributed by atoms with van der Waals surface area (Å²) in [5.41, 5.74) is 1.08. The second-order valence-corrected chi connectivity index (χ2v) is 6.03. The highest BCUT2D eigenvalue weighted by Gasteiger charge is 2.18. The standard InChI is InChI=1S/C12H14ClN3S/c13-11-2-1-10(17-11)9-7-15-12(16-9)8-3-5-14-6-4-8/h1-2,7-8,14H,3-6H2,(H,15,16). The number of aromatic nitrogens is 2. The molecule has 3 heterocycles. The molecule has 0 aromatic carbocycles. The van der Waals surface area contributed by atoms with Gasteiger partial charge in [0, 0.05) is 5.92 Å². The third kappa shape index (κ3) is 2.39. The second-order valence-electron chi connectivity index (χ2n) is 4.31. The van der Waals surface area contributed by atoms with E-state index in [1.54, 1.807) is 11.3 Å². The quantitative estimate of drug-likeness (QED) is 0.877. The topological polar surface area (TPSA) is 40.7 Å². The number of hydrogen-bond donors (Lipinski definition) is 2. The van der Waals surface area contributed by atoms with E-state index >= 15 is 0 Å². The second kappa shape index (κ2) is 4.80. The monoisotopic (exact) mass is 267 g/mol. The fourth-order valence-corrected chi connectivity index (χ4v) is 3.23. The highest BCUT2D eigenvalue weighted by atomic mass is 35.5. The Morgan fingerprint density at radius 2 is 2.12 bits per heavy atom. The Morgan fingerprint density at radius 3 is 2.82 bits per heavy atom. The van der Waals surface area contributed by atoms with Crippen LogP contribution >= 0.6 is 22.9 Å². The van der Waals surface area contributed by atoms with E-state index in [4.69, 9.17) is 11.6 Å². The predicted molar refractivity (Wildman–Crippen MR) is 71.8 cm³/mol. The summed E-state index contributed by atoms with van der Waals surface area (Å²) in [7, 11) is 0. The van der Waals surface area contributed by atoms with E-state index in [1.165, 1.54) is 0 Å². The van der Waals surface area contributed by atoms with E-state index in [9.17, 15) is 0 Å². The number of aromatic amines is 1. The van der Waals surface area contributed by atoms with Crippen molar-refractivity contribution in [3.05, 3.63) is 28.5 Å². The number of halogens is 1. The zero-order valence-corrected chi connectivity index (χ0v) is 10.9. The zero-order valence-electron chi connectivity index (χ0n) is 9.37. The zero-order chi connectivity index (χ0) is 11.7. The molecule has 0 atom stereocenters. The van der Waals surface area contributed by atoms with Gasteiger partial charge in [-0.25, -0.2) is 4.98 Å². The molecule has 0 aliphatic carbocycles. The Bertz CT molecular complexity index is 499. The molecule has 0 saturated carbocycles. The molecule has 2 aromatic heterocycles. The van der Waals surface area contributed by atoms with Gasteiger partial charge < -0.3 is 10.3 Å². The van der Waals surface area contributed by atoms with Gasteiger partial charge in [0.15, 0.2) is 0 Å². The Balaban J connectivity index is 1.82. The van der Waals surface area contributed by atoms with Gasteiger partial charge in [-0.3, -0.25) is 0 Å². The van der Waals surface area contributed by atoms with Crippen LogP contribution in [0, 0.1) is 0 Å². The maximum atomic E-state index is 5.94. The highest BCUT2D eigenvalue weighted by Crippen LogP contribution is 2.31. The molecule has 17 heavy (non-hydrogen) atoms. The number of piperidine rings is 1. The van der Waals surface area contributed by atoms with Crippen molar-refractivity contribution in [3.8, 4) is 10.6 Å². The number of thiophene rings is 1. The molecule has 90 valence electrons. The van der Waals surface area contributed by atoms with Gasteiger partial charge in [-0.15, -0.1) is 11.3 Å². The summed E-state index contributed by atoms with van der Waals surface area (Å²) in [6.07, 6.45) is 4.25. The fourth-order valence-electron chi connectivity index (χ4n) is 2.22. The van der Waals surface area contributed by atoms with Crippen LogP contribution in [0.2, 0.25) is 4.34 Å². The molecule has 3 rings (SSSR count). The van der Waals surface area contributed by atoms with Crippen molar-refractivity contribution in [2.75, 3.05) is 13.1 Å². The van der Waals surface area contributed by atoms with Crippen LogP contribution in [-0.4, -0.2) is 23.1 Å². The molecule has 0 bridgehead atoms. The number of hydrogen-bond acceptors (Lipinski definition) is 3. The van der Waals surface area contributed by atoms with Crippen molar-refractivity contribution in [2.45, 2.75) is 18.8 Å². The number of nitrogens with one attached hydrogen (secondary N) is 2. The first kappa shape index (κ1) is 11.3. The van der Waals surface area contributed by atoms with Crippen LogP contribution in [-0.2, 0) is 0 Å².